The van der Waals surface area contributed by atoms with Crippen LogP contribution in [0, 0.1) is 0 Å². The molecule has 9 nitrogen and oxygen atoms in total. The highest BCUT2D eigenvalue weighted by atomic mass is 16.5. The number of fused-ring (bicyclic) bond motifs is 1. The lowest BCUT2D eigenvalue weighted by Gasteiger charge is -2.35. The Kier molecular flexibility index (Phi) is 7.22. The molecule has 9 heteroatoms. The molecular weight excluding hydrogens is 432 g/mol. The smallest absolute Gasteiger partial charge is 0.251 e. The highest BCUT2D eigenvalue weighted by molar-refractivity contribution is 6.06. The van der Waals surface area contributed by atoms with E-state index in [1.807, 2.05) is 48.2 Å². The molecule has 1 fully saturated rings. The number of carbonyl (C=O) groups is 2. The first-order valence-electron chi connectivity index (χ1n) is 11.4. The van der Waals surface area contributed by atoms with Crippen LogP contribution in [0.3, 0.4) is 0 Å². The number of methoxy groups -OCH3 is 1. The van der Waals surface area contributed by atoms with E-state index in [1.165, 1.54) is 0 Å². The van der Waals surface area contributed by atoms with Crippen LogP contribution >= 0.6 is 0 Å². The van der Waals surface area contributed by atoms with Crippen molar-refractivity contribution in [2.45, 2.75) is 13.8 Å². The highest BCUT2D eigenvalue weighted by Gasteiger charge is 2.21. The number of hydrogen-bond acceptors (Lipinski definition) is 6. The van der Waals surface area contributed by atoms with E-state index >= 15 is 0 Å². The fourth-order valence-electron chi connectivity index (χ4n) is 4.16. The van der Waals surface area contributed by atoms with Crippen LogP contribution in [0.1, 0.15) is 19.5 Å². The van der Waals surface area contributed by atoms with Gasteiger partial charge >= 0.3 is 0 Å². The number of rotatable bonds is 7. The SMILES string of the molecule is COc1cccc(N(CCN2CCN(C(C)=O)CC2)C(=O)/C=C(\C)c2[nH]nc3ncccc23)c1. The van der Waals surface area contributed by atoms with Gasteiger partial charge in [-0.05, 0) is 36.8 Å². The number of amides is 2. The lowest BCUT2D eigenvalue weighted by Crippen LogP contribution is -2.50. The number of pyridine rings is 1. The molecule has 0 aliphatic carbocycles. The summed E-state index contributed by atoms with van der Waals surface area (Å²) in [6.07, 6.45) is 3.32. The molecule has 34 heavy (non-hydrogen) atoms. The maximum absolute atomic E-state index is 13.5. The van der Waals surface area contributed by atoms with Crippen LogP contribution in [0.5, 0.6) is 5.75 Å². The summed E-state index contributed by atoms with van der Waals surface area (Å²) in [5.41, 5.74) is 2.95. The van der Waals surface area contributed by atoms with Crippen molar-refractivity contribution in [3.63, 3.8) is 0 Å². The molecule has 0 spiro atoms. The van der Waals surface area contributed by atoms with Crippen molar-refractivity contribution < 1.29 is 14.3 Å². The van der Waals surface area contributed by atoms with Crippen LogP contribution in [0.4, 0.5) is 5.69 Å². The molecule has 2 aromatic heterocycles. The van der Waals surface area contributed by atoms with Crippen LogP contribution in [-0.2, 0) is 9.59 Å². The minimum Gasteiger partial charge on any atom is -0.497 e. The monoisotopic (exact) mass is 462 g/mol. The molecule has 1 aliphatic heterocycles. The Morgan fingerprint density at radius 2 is 1.94 bits per heavy atom. The van der Waals surface area contributed by atoms with E-state index in [9.17, 15) is 9.59 Å². The Morgan fingerprint density at radius 3 is 2.68 bits per heavy atom. The van der Waals surface area contributed by atoms with Crippen molar-refractivity contribution in [1.29, 1.82) is 0 Å². The molecule has 0 radical (unpaired) electrons. The standard InChI is InChI=1S/C25H30N6O3/c1-18(24-22-8-5-9-26-25(22)28-27-24)16-23(33)31(20-6-4-7-21(17-20)34-3)15-12-29-10-13-30(14-11-29)19(2)32/h4-9,16-17H,10-15H2,1-3H3,(H,26,27,28)/b18-16+. The Morgan fingerprint density at radius 1 is 1.15 bits per heavy atom. The van der Waals surface area contributed by atoms with E-state index in [-0.39, 0.29) is 11.8 Å². The van der Waals surface area contributed by atoms with Gasteiger partial charge in [0.15, 0.2) is 5.65 Å². The summed E-state index contributed by atoms with van der Waals surface area (Å²) in [5.74, 6) is 0.673. The average Bonchev–Trinajstić information content (AvgIpc) is 3.29. The van der Waals surface area contributed by atoms with Gasteiger partial charge in [-0.3, -0.25) is 19.6 Å². The Balaban J connectivity index is 1.54. The fraction of sp³-hybridized carbons (Fsp3) is 0.360. The largest absolute Gasteiger partial charge is 0.497 e. The minimum absolute atomic E-state index is 0.106. The molecule has 3 aromatic rings. The zero-order valence-corrected chi connectivity index (χ0v) is 19.8. The van der Waals surface area contributed by atoms with Crippen molar-refractivity contribution in [1.82, 2.24) is 25.0 Å². The first-order chi connectivity index (χ1) is 16.5. The van der Waals surface area contributed by atoms with E-state index in [2.05, 4.69) is 20.1 Å². The van der Waals surface area contributed by atoms with Gasteiger partial charge in [0, 0.05) is 75.6 Å². The van der Waals surface area contributed by atoms with Gasteiger partial charge in [0.25, 0.3) is 5.91 Å². The number of carbonyl (C=O) groups excluding carboxylic acids is 2. The number of aromatic amines is 1. The number of H-pyrrole nitrogens is 1. The third-order valence-corrected chi connectivity index (χ3v) is 6.15. The molecule has 0 unspecified atom stereocenters. The Bertz CT molecular complexity index is 1200. The van der Waals surface area contributed by atoms with Crippen molar-refractivity contribution in [3.05, 3.63) is 54.4 Å². The maximum atomic E-state index is 13.5. The quantitative estimate of drug-likeness (QED) is 0.543. The van der Waals surface area contributed by atoms with Gasteiger partial charge in [-0.1, -0.05) is 6.07 Å². The minimum atomic E-state index is -0.125. The average molecular weight is 463 g/mol. The van der Waals surface area contributed by atoms with E-state index in [0.717, 1.165) is 35.4 Å². The summed E-state index contributed by atoms with van der Waals surface area (Å²) in [4.78, 5) is 35.3. The predicted molar refractivity (Wildman–Crippen MR) is 132 cm³/mol. The van der Waals surface area contributed by atoms with E-state index < -0.39 is 0 Å². The molecule has 3 heterocycles. The van der Waals surface area contributed by atoms with Gasteiger partial charge in [-0.2, -0.15) is 5.10 Å². The molecule has 0 atom stereocenters. The topological polar surface area (TPSA) is 94.7 Å². The van der Waals surface area contributed by atoms with E-state index in [4.69, 9.17) is 4.74 Å². The number of ether oxygens (including phenoxy) is 1. The summed E-state index contributed by atoms with van der Waals surface area (Å²) in [6.45, 7) is 7.73. The normalized spacial score (nSPS) is 14.9. The van der Waals surface area contributed by atoms with Gasteiger partial charge in [0.1, 0.15) is 5.75 Å². The number of anilines is 1. The number of hydrogen-bond donors (Lipinski definition) is 1. The molecule has 2 amide bonds. The number of benzene rings is 1. The fourth-order valence-corrected chi connectivity index (χ4v) is 4.16. The van der Waals surface area contributed by atoms with Gasteiger partial charge in [0.05, 0.1) is 12.8 Å². The van der Waals surface area contributed by atoms with E-state index in [1.54, 1.807) is 31.2 Å². The van der Waals surface area contributed by atoms with Crippen molar-refractivity contribution in [3.8, 4) is 5.75 Å². The van der Waals surface area contributed by atoms with Crippen molar-refractivity contribution in [2.75, 3.05) is 51.3 Å². The second-order valence-electron chi connectivity index (χ2n) is 8.34. The Labute approximate surface area is 199 Å². The second kappa shape index (κ2) is 10.5. The van der Waals surface area contributed by atoms with Crippen LogP contribution in [0.25, 0.3) is 16.6 Å². The number of allylic oxidation sites excluding steroid dienone is 1. The molecule has 0 bridgehead atoms. The first-order valence-corrected chi connectivity index (χ1v) is 11.4. The van der Waals surface area contributed by atoms with Gasteiger partial charge in [0.2, 0.25) is 5.91 Å². The molecular formula is C25H30N6O3. The number of nitrogens with one attached hydrogen (secondary N) is 1. The van der Waals surface area contributed by atoms with Crippen molar-refractivity contribution >= 4 is 34.1 Å². The predicted octanol–water partition coefficient (Wildman–Crippen LogP) is 2.57. The third-order valence-electron chi connectivity index (χ3n) is 6.15. The number of piperazine rings is 1. The molecule has 1 aliphatic rings. The molecule has 0 saturated carbocycles. The first kappa shape index (κ1) is 23.4. The summed E-state index contributed by atoms with van der Waals surface area (Å²) in [7, 11) is 1.61. The summed E-state index contributed by atoms with van der Waals surface area (Å²) < 4.78 is 5.38. The number of aromatic nitrogens is 3. The van der Waals surface area contributed by atoms with Crippen LogP contribution in [0.15, 0.2) is 48.7 Å². The van der Waals surface area contributed by atoms with Gasteiger partial charge in [-0.25, -0.2) is 4.98 Å². The van der Waals surface area contributed by atoms with Gasteiger partial charge in [-0.15, -0.1) is 0 Å². The molecule has 1 aromatic carbocycles. The summed E-state index contributed by atoms with van der Waals surface area (Å²) in [6, 6.07) is 11.3. The van der Waals surface area contributed by atoms with Gasteiger partial charge < -0.3 is 14.5 Å². The lowest BCUT2D eigenvalue weighted by atomic mass is 10.1. The zero-order chi connectivity index (χ0) is 24.1. The van der Waals surface area contributed by atoms with Crippen molar-refractivity contribution in [2.24, 2.45) is 0 Å². The Hall–Kier alpha value is -3.72. The summed E-state index contributed by atoms with van der Waals surface area (Å²) >= 11 is 0. The highest BCUT2D eigenvalue weighted by Crippen LogP contribution is 2.24. The molecule has 1 saturated heterocycles. The van der Waals surface area contributed by atoms with Crippen LogP contribution in [0.2, 0.25) is 0 Å². The number of nitrogens with zero attached hydrogens (tertiary/aromatic N) is 5. The molecule has 4 rings (SSSR count). The lowest BCUT2D eigenvalue weighted by molar-refractivity contribution is -0.130. The molecule has 178 valence electrons. The summed E-state index contributed by atoms with van der Waals surface area (Å²) in [5, 5.41) is 8.11. The third kappa shape index (κ3) is 5.26. The van der Waals surface area contributed by atoms with E-state index in [0.29, 0.717) is 37.6 Å². The maximum Gasteiger partial charge on any atom is 0.251 e. The van der Waals surface area contributed by atoms with Crippen LogP contribution < -0.4 is 9.64 Å². The van der Waals surface area contributed by atoms with Crippen LogP contribution in [-0.4, -0.2) is 83.2 Å². The zero-order valence-electron chi connectivity index (χ0n) is 19.8. The second-order valence-corrected chi connectivity index (χ2v) is 8.34. The molecule has 1 N–H and O–H groups in total.